The fraction of sp³-hybridized carbons (Fsp3) is 0.435. The fourth-order valence-corrected chi connectivity index (χ4v) is 4.67. The van der Waals surface area contributed by atoms with Crippen molar-refractivity contribution < 1.29 is 14.3 Å². The molecule has 0 N–H and O–H groups in total. The SMILES string of the molecule is COc1cccc2c1O[C@@H](N(C)C(=O)Cc1ccc(Cl)c(Cl)c1)[C@H](N1CCCC1)C2. The average Bonchev–Trinajstić information content (AvgIpc) is 3.29. The van der Waals surface area contributed by atoms with Gasteiger partial charge in [-0.3, -0.25) is 9.69 Å². The maximum Gasteiger partial charge on any atom is 0.229 e. The number of hydrogen-bond acceptors (Lipinski definition) is 4. The molecule has 0 unspecified atom stereocenters. The summed E-state index contributed by atoms with van der Waals surface area (Å²) in [5.74, 6) is 1.40. The largest absolute Gasteiger partial charge is 0.493 e. The Morgan fingerprint density at radius 1 is 1.20 bits per heavy atom. The summed E-state index contributed by atoms with van der Waals surface area (Å²) in [5.41, 5.74) is 1.94. The van der Waals surface area contributed by atoms with Gasteiger partial charge in [-0.25, -0.2) is 0 Å². The number of para-hydroxylation sites is 1. The highest BCUT2D eigenvalue weighted by molar-refractivity contribution is 6.42. The van der Waals surface area contributed by atoms with Crippen LogP contribution in [-0.4, -0.2) is 55.2 Å². The zero-order valence-corrected chi connectivity index (χ0v) is 18.7. The number of carbonyl (C=O) groups is 1. The number of rotatable bonds is 5. The Morgan fingerprint density at radius 3 is 2.67 bits per heavy atom. The maximum absolute atomic E-state index is 13.2. The molecule has 4 rings (SSSR count). The summed E-state index contributed by atoms with van der Waals surface area (Å²) in [6.45, 7) is 2.05. The van der Waals surface area contributed by atoms with Crippen molar-refractivity contribution in [3.8, 4) is 11.5 Å². The minimum absolute atomic E-state index is 0.0269. The third-order valence-electron chi connectivity index (χ3n) is 6.00. The highest BCUT2D eigenvalue weighted by atomic mass is 35.5. The molecule has 2 heterocycles. The minimum atomic E-state index is -0.387. The molecule has 2 aromatic carbocycles. The molecular formula is C23H26Cl2N2O3. The number of benzene rings is 2. The van der Waals surface area contributed by atoms with Crippen LogP contribution >= 0.6 is 23.2 Å². The van der Waals surface area contributed by atoms with E-state index < -0.39 is 0 Å². The number of methoxy groups -OCH3 is 1. The average molecular weight is 449 g/mol. The molecule has 2 aliphatic heterocycles. The standard InChI is InChI=1S/C23H26Cl2N2O3/c1-26(21(28)13-15-8-9-17(24)18(25)12-15)23-19(27-10-3-4-11-27)14-16-6-5-7-20(29-2)22(16)30-23/h5-9,12,19,23H,3-4,10-11,13-14H2,1-2H3/t19-,23-/m1/s1. The number of hydrogen-bond donors (Lipinski definition) is 0. The van der Waals surface area contributed by atoms with Gasteiger partial charge < -0.3 is 14.4 Å². The Balaban J connectivity index is 1.59. The van der Waals surface area contributed by atoms with Crippen LogP contribution in [0.5, 0.6) is 11.5 Å². The molecule has 0 bridgehead atoms. The Morgan fingerprint density at radius 2 is 1.97 bits per heavy atom. The number of amides is 1. The van der Waals surface area contributed by atoms with Crippen molar-refractivity contribution in [2.45, 2.75) is 38.0 Å². The van der Waals surface area contributed by atoms with Crippen LogP contribution in [0.1, 0.15) is 24.0 Å². The lowest BCUT2D eigenvalue weighted by atomic mass is 9.98. The molecule has 0 saturated carbocycles. The van der Waals surface area contributed by atoms with Crippen LogP contribution in [0.4, 0.5) is 0 Å². The summed E-state index contributed by atoms with van der Waals surface area (Å²) >= 11 is 12.1. The van der Waals surface area contributed by atoms with Crippen molar-refractivity contribution in [3.63, 3.8) is 0 Å². The van der Waals surface area contributed by atoms with E-state index >= 15 is 0 Å². The normalized spacial score (nSPS) is 21.1. The van der Waals surface area contributed by atoms with Crippen LogP contribution in [0.2, 0.25) is 10.0 Å². The first-order valence-corrected chi connectivity index (χ1v) is 11.0. The van der Waals surface area contributed by atoms with Crippen LogP contribution in [-0.2, 0) is 17.6 Å². The first kappa shape index (κ1) is 21.3. The summed E-state index contributed by atoms with van der Waals surface area (Å²) in [5, 5.41) is 0.932. The molecule has 2 aromatic rings. The molecule has 0 aromatic heterocycles. The van der Waals surface area contributed by atoms with E-state index in [-0.39, 0.29) is 24.6 Å². The van der Waals surface area contributed by atoms with Gasteiger partial charge in [0.1, 0.15) is 0 Å². The van der Waals surface area contributed by atoms with Crippen molar-refractivity contribution in [1.29, 1.82) is 0 Å². The van der Waals surface area contributed by atoms with Gasteiger partial charge in [0, 0.05) is 7.05 Å². The van der Waals surface area contributed by atoms with E-state index in [1.54, 1.807) is 24.1 Å². The van der Waals surface area contributed by atoms with E-state index in [4.69, 9.17) is 32.7 Å². The Kier molecular flexibility index (Phi) is 6.42. The molecule has 1 fully saturated rings. The summed E-state index contributed by atoms with van der Waals surface area (Å²) in [6, 6.07) is 11.4. The van der Waals surface area contributed by atoms with Gasteiger partial charge in [0.05, 0.1) is 29.6 Å². The number of halogens is 2. The van der Waals surface area contributed by atoms with Gasteiger partial charge in [-0.1, -0.05) is 41.4 Å². The molecule has 7 heteroatoms. The van der Waals surface area contributed by atoms with Gasteiger partial charge in [0.25, 0.3) is 0 Å². The van der Waals surface area contributed by atoms with Gasteiger partial charge >= 0.3 is 0 Å². The van der Waals surface area contributed by atoms with E-state index in [0.29, 0.717) is 15.8 Å². The molecule has 30 heavy (non-hydrogen) atoms. The number of likely N-dealkylation sites (N-methyl/N-ethyl adjacent to an activating group) is 1. The molecule has 160 valence electrons. The molecule has 0 aliphatic carbocycles. The number of likely N-dealkylation sites (tertiary alicyclic amines) is 1. The van der Waals surface area contributed by atoms with E-state index in [1.807, 2.05) is 25.2 Å². The van der Waals surface area contributed by atoms with E-state index in [9.17, 15) is 4.79 Å². The topological polar surface area (TPSA) is 42.0 Å². The van der Waals surface area contributed by atoms with Crippen LogP contribution in [0.3, 0.4) is 0 Å². The molecular weight excluding hydrogens is 423 g/mol. The number of fused-ring (bicyclic) bond motifs is 1. The Labute approximate surface area is 187 Å². The lowest BCUT2D eigenvalue weighted by molar-refractivity contribution is -0.141. The van der Waals surface area contributed by atoms with E-state index in [0.717, 1.165) is 36.4 Å². The molecule has 5 nitrogen and oxygen atoms in total. The second-order valence-electron chi connectivity index (χ2n) is 7.90. The van der Waals surface area contributed by atoms with Crippen molar-refractivity contribution in [2.24, 2.45) is 0 Å². The lowest BCUT2D eigenvalue weighted by Crippen LogP contribution is -2.57. The first-order valence-electron chi connectivity index (χ1n) is 10.2. The zero-order chi connectivity index (χ0) is 21.3. The van der Waals surface area contributed by atoms with Crippen LogP contribution in [0.25, 0.3) is 0 Å². The number of carbonyl (C=O) groups excluding carboxylic acids is 1. The second-order valence-corrected chi connectivity index (χ2v) is 8.72. The van der Waals surface area contributed by atoms with Gasteiger partial charge in [-0.05, 0) is 61.7 Å². The molecule has 0 radical (unpaired) electrons. The molecule has 1 saturated heterocycles. The van der Waals surface area contributed by atoms with Crippen molar-refractivity contribution in [3.05, 3.63) is 57.6 Å². The van der Waals surface area contributed by atoms with Crippen molar-refractivity contribution in [1.82, 2.24) is 9.80 Å². The summed E-state index contributed by atoms with van der Waals surface area (Å²) < 4.78 is 11.9. The highest BCUT2D eigenvalue weighted by Crippen LogP contribution is 2.39. The fourth-order valence-electron chi connectivity index (χ4n) is 4.35. The highest BCUT2D eigenvalue weighted by Gasteiger charge is 2.40. The first-order chi connectivity index (χ1) is 14.5. The number of nitrogens with zero attached hydrogens (tertiary/aromatic N) is 2. The zero-order valence-electron chi connectivity index (χ0n) is 17.2. The molecule has 2 aliphatic rings. The second kappa shape index (κ2) is 9.04. The predicted molar refractivity (Wildman–Crippen MR) is 119 cm³/mol. The van der Waals surface area contributed by atoms with Gasteiger partial charge in [0.15, 0.2) is 17.7 Å². The Bertz CT molecular complexity index is 931. The van der Waals surface area contributed by atoms with Crippen LogP contribution < -0.4 is 9.47 Å². The van der Waals surface area contributed by atoms with Crippen molar-refractivity contribution in [2.75, 3.05) is 27.2 Å². The van der Waals surface area contributed by atoms with Crippen LogP contribution in [0.15, 0.2) is 36.4 Å². The van der Waals surface area contributed by atoms with Gasteiger partial charge in [0.2, 0.25) is 5.91 Å². The van der Waals surface area contributed by atoms with E-state index in [1.165, 1.54) is 12.8 Å². The lowest BCUT2D eigenvalue weighted by Gasteiger charge is -2.43. The van der Waals surface area contributed by atoms with E-state index in [2.05, 4.69) is 11.0 Å². The van der Waals surface area contributed by atoms with Gasteiger partial charge in [-0.15, -0.1) is 0 Å². The summed E-state index contributed by atoms with van der Waals surface area (Å²) in [7, 11) is 3.45. The maximum atomic E-state index is 13.2. The monoisotopic (exact) mass is 448 g/mol. The molecule has 1 amide bonds. The third-order valence-corrected chi connectivity index (χ3v) is 6.74. The summed E-state index contributed by atoms with van der Waals surface area (Å²) in [6.07, 6.45) is 3.02. The summed E-state index contributed by atoms with van der Waals surface area (Å²) in [4.78, 5) is 17.3. The van der Waals surface area contributed by atoms with Crippen LogP contribution in [0, 0.1) is 0 Å². The quantitative estimate of drug-likeness (QED) is 0.678. The predicted octanol–water partition coefficient (Wildman–Crippen LogP) is 4.43. The van der Waals surface area contributed by atoms with Crippen molar-refractivity contribution >= 4 is 29.1 Å². The third kappa shape index (κ3) is 4.25. The smallest absolute Gasteiger partial charge is 0.229 e. The Hall–Kier alpha value is -1.95. The van der Waals surface area contributed by atoms with Gasteiger partial charge in [-0.2, -0.15) is 0 Å². The minimum Gasteiger partial charge on any atom is -0.493 e. The molecule has 0 spiro atoms. The molecule has 2 atom stereocenters. The number of ether oxygens (including phenoxy) is 2.